The van der Waals surface area contributed by atoms with E-state index in [1.54, 1.807) is 27.5 Å². The van der Waals surface area contributed by atoms with Crippen molar-refractivity contribution in [3.63, 3.8) is 0 Å². The average molecular weight is 504 g/mol. The fraction of sp³-hybridized carbons (Fsp3) is 0.333. The van der Waals surface area contributed by atoms with Crippen LogP contribution in [0.5, 0.6) is 5.88 Å². The molecule has 1 saturated heterocycles. The van der Waals surface area contributed by atoms with Crippen LogP contribution < -0.4 is 4.74 Å². The zero-order valence-corrected chi connectivity index (χ0v) is 20.2. The molecule has 4 aromatic rings. The van der Waals surface area contributed by atoms with Crippen LogP contribution in [0.1, 0.15) is 42.1 Å². The Morgan fingerprint density at radius 1 is 1.19 bits per heavy atom. The van der Waals surface area contributed by atoms with E-state index < -0.39 is 6.10 Å². The van der Waals surface area contributed by atoms with Gasteiger partial charge in [-0.15, -0.1) is 5.10 Å². The van der Waals surface area contributed by atoms with Crippen molar-refractivity contribution in [2.45, 2.75) is 31.9 Å². The van der Waals surface area contributed by atoms with E-state index in [1.807, 2.05) is 17.7 Å². The Labute approximate surface area is 211 Å². The number of halogens is 1. The molecule has 0 spiro atoms. The van der Waals surface area contributed by atoms with Crippen LogP contribution in [-0.2, 0) is 0 Å². The first-order valence-electron chi connectivity index (χ1n) is 11.4. The van der Waals surface area contributed by atoms with Gasteiger partial charge in [0.15, 0.2) is 12.3 Å². The number of nitrogens with zero attached hydrogens (tertiary/aromatic N) is 9. The molecule has 1 aliphatic heterocycles. The van der Waals surface area contributed by atoms with Crippen molar-refractivity contribution < 1.29 is 9.84 Å². The zero-order valence-electron chi connectivity index (χ0n) is 19.4. The van der Waals surface area contributed by atoms with Gasteiger partial charge >= 0.3 is 0 Å². The highest BCUT2D eigenvalue weighted by Gasteiger charge is 2.25. The summed E-state index contributed by atoms with van der Waals surface area (Å²) in [5.41, 5.74) is 3.53. The van der Waals surface area contributed by atoms with Crippen LogP contribution in [0.3, 0.4) is 0 Å². The number of nitriles is 2. The van der Waals surface area contributed by atoms with Crippen molar-refractivity contribution in [2.75, 3.05) is 19.7 Å². The molecule has 0 aromatic carbocycles. The van der Waals surface area contributed by atoms with Crippen LogP contribution in [0, 0.1) is 29.7 Å². The normalized spacial score (nSPS) is 15.0. The van der Waals surface area contributed by atoms with Crippen molar-refractivity contribution in [1.82, 2.24) is 34.3 Å². The summed E-state index contributed by atoms with van der Waals surface area (Å²) >= 11 is 5.95. The number of aromatic nitrogens is 6. The lowest BCUT2D eigenvalue weighted by atomic mass is 10.0. The molecule has 0 bridgehead atoms. The number of aliphatic hydroxyl groups excluding tert-OH is 1. The molecular weight excluding hydrogens is 482 g/mol. The summed E-state index contributed by atoms with van der Waals surface area (Å²) in [5.74, 6) is 0.309. The summed E-state index contributed by atoms with van der Waals surface area (Å²) in [6.45, 7) is 2.99. The molecule has 1 N–H and O–H groups in total. The quantitative estimate of drug-likeness (QED) is 0.393. The highest BCUT2D eigenvalue weighted by Crippen LogP contribution is 2.32. The summed E-state index contributed by atoms with van der Waals surface area (Å²) < 4.78 is 9.67. The van der Waals surface area contributed by atoms with Gasteiger partial charge in [0.05, 0.1) is 35.3 Å². The van der Waals surface area contributed by atoms with E-state index in [-0.39, 0.29) is 18.3 Å². The van der Waals surface area contributed by atoms with Gasteiger partial charge in [0.1, 0.15) is 23.1 Å². The lowest BCUT2D eigenvalue weighted by molar-refractivity contribution is 0.107. The molecule has 12 heteroatoms. The molecule has 1 aliphatic rings. The summed E-state index contributed by atoms with van der Waals surface area (Å²) in [6.07, 6.45) is 5.97. The van der Waals surface area contributed by atoms with E-state index in [0.29, 0.717) is 46.6 Å². The maximum absolute atomic E-state index is 10.0. The number of hydrogen-bond donors (Lipinski definition) is 1. The van der Waals surface area contributed by atoms with Crippen LogP contribution >= 0.6 is 11.6 Å². The average Bonchev–Trinajstić information content (AvgIpc) is 3.51. The topological polar surface area (TPSA) is 141 Å². The molecule has 0 amide bonds. The number of likely N-dealkylation sites (tertiary alicyclic amines) is 1. The second-order valence-electron chi connectivity index (χ2n) is 8.51. The van der Waals surface area contributed by atoms with Gasteiger partial charge in [0.2, 0.25) is 5.88 Å². The predicted molar refractivity (Wildman–Crippen MR) is 129 cm³/mol. The molecular formula is C24H22ClN9O2. The van der Waals surface area contributed by atoms with E-state index in [4.69, 9.17) is 21.6 Å². The molecule has 0 saturated carbocycles. The predicted octanol–water partition coefficient (Wildman–Crippen LogP) is 3.05. The van der Waals surface area contributed by atoms with Gasteiger partial charge in [-0.25, -0.2) is 9.67 Å². The molecule has 11 nitrogen and oxygen atoms in total. The smallest absolute Gasteiger partial charge is 0.201 e. The number of pyridine rings is 2. The van der Waals surface area contributed by atoms with Crippen LogP contribution in [0.25, 0.3) is 16.9 Å². The number of hydrogen-bond acceptors (Lipinski definition) is 9. The molecule has 1 atom stereocenters. The summed E-state index contributed by atoms with van der Waals surface area (Å²) in [7, 11) is 0. The molecule has 1 fully saturated rings. The fourth-order valence-electron chi connectivity index (χ4n) is 4.46. The molecule has 5 rings (SSSR count). The van der Waals surface area contributed by atoms with Crippen LogP contribution in [-0.4, -0.2) is 59.1 Å². The summed E-state index contributed by atoms with van der Waals surface area (Å²) in [5, 5.41) is 38.1. The Morgan fingerprint density at radius 2 is 2.00 bits per heavy atom. The SMILES string of the molecule is Cc1c(-c2cc(OC(CO)c3ccc(Cl)cn3)n3c(C#N)cnc3c2)nnn1C1CCN(C#N)CC1. The van der Waals surface area contributed by atoms with Gasteiger partial charge < -0.3 is 14.7 Å². The molecule has 5 heterocycles. The van der Waals surface area contributed by atoms with Gasteiger partial charge in [-0.3, -0.25) is 9.38 Å². The summed E-state index contributed by atoms with van der Waals surface area (Å²) in [4.78, 5) is 10.4. The minimum absolute atomic E-state index is 0.154. The third kappa shape index (κ3) is 4.31. The van der Waals surface area contributed by atoms with Gasteiger partial charge in [-0.2, -0.15) is 10.5 Å². The number of piperidine rings is 1. The van der Waals surface area contributed by atoms with Crippen molar-refractivity contribution in [3.8, 4) is 29.4 Å². The second kappa shape index (κ2) is 9.82. The molecule has 1 unspecified atom stereocenters. The molecule has 182 valence electrons. The Morgan fingerprint density at radius 3 is 2.67 bits per heavy atom. The standard InChI is InChI=1S/C24H22ClN9O2/c1-15-24(30-31-34(15)18-4-6-32(14-27)7-5-18)16-8-22-29-12-19(10-26)33(22)23(9-16)36-21(13-35)20-3-2-17(25)11-28-20/h2-3,8-9,11-12,18,21,35H,4-7,13H2,1H3. The lowest BCUT2D eigenvalue weighted by Crippen LogP contribution is -2.31. The molecule has 36 heavy (non-hydrogen) atoms. The van der Waals surface area contributed by atoms with Gasteiger partial charge in [0.25, 0.3) is 0 Å². The second-order valence-corrected chi connectivity index (χ2v) is 8.94. The monoisotopic (exact) mass is 503 g/mol. The number of ether oxygens (including phenoxy) is 1. The highest BCUT2D eigenvalue weighted by atomic mass is 35.5. The van der Waals surface area contributed by atoms with Crippen molar-refractivity contribution in [1.29, 1.82) is 10.5 Å². The van der Waals surface area contributed by atoms with Crippen molar-refractivity contribution in [2.24, 2.45) is 0 Å². The largest absolute Gasteiger partial charge is 0.466 e. The highest BCUT2D eigenvalue weighted by molar-refractivity contribution is 6.30. The van der Waals surface area contributed by atoms with Crippen LogP contribution in [0.15, 0.2) is 36.7 Å². The third-order valence-corrected chi connectivity index (χ3v) is 6.57. The minimum atomic E-state index is -0.795. The van der Waals surface area contributed by atoms with E-state index >= 15 is 0 Å². The first-order valence-corrected chi connectivity index (χ1v) is 11.8. The first-order chi connectivity index (χ1) is 17.5. The Bertz CT molecular complexity index is 1470. The molecule has 0 radical (unpaired) electrons. The Kier molecular flexibility index (Phi) is 6.42. The van der Waals surface area contributed by atoms with E-state index in [0.717, 1.165) is 18.5 Å². The van der Waals surface area contributed by atoms with Crippen LogP contribution in [0.4, 0.5) is 0 Å². The summed E-state index contributed by atoms with van der Waals surface area (Å²) in [6, 6.07) is 9.20. The van der Waals surface area contributed by atoms with Gasteiger partial charge in [0, 0.05) is 30.9 Å². The van der Waals surface area contributed by atoms with Crippen LogP contribution in [0.2, 0.25) is 5.02 Å². The van der Waals surface area contributed by atoms with E-state index in [2.05, 4.69) is 32.5 Å². The Hall–Kier alpha value is -4.19. The van der Waals surface area contributed by atoms with E-state index in [9.17, 15) is 10.4 Å². The van der Waals surface area contributed by atoms with Gasteiger partial charge in [-0.05, 0) is 38.0 Å². The zero-order chi connectivity index (χ0) is 25.2. The Balaban J connectivity index is 1.53. The maximum atomic E-state index is 10.0. The number of aliphatic hydroxyl groups is 1. The fourth-order valence-corrected chi connectivity index (χ4v) is 4.57. The molecule has 4 aromatic heterocycles. The number of fused-ring (bicyclic) bond motifs is 1. The lowest BCUT2D eigenvalue weighted by Gasteiger charge is -2.28. The number of imidazole rings is 1. The van der Waals surface area contributed by atoms with Gasteiger partial charge in [-0.1, -0.05) is 16.8 Å². The third-order valence-electron chi connectivity index (χ3n) is 6.35. The molecule has 0 aliphatic carbocycles. The minimum Gasteiger partial charge on any atom is -0.466 e. The van der Waals surface area contributed by atoms with Crippen molar-refractivity contribution in [3.05, 3.63) is 58.8 Å². The first kappa shape index (κ1) is 23.5. The number of rotatable bonds is 6. The van der Waals surface area contributed by atoms with E-state index in [1.165, 1.54) is 12.4 Å². The maximum Gasteiger partial charge on any atom is 0.201 e. The van der Waals surface area contributed by atoms with Crippen molar-refractivity contribution >= 4 is 17.2 Å².